The number of benzene rings is 1. The lowest BCUT2D eigenvalue weighted by Gasteiger charge is -2.47. The number of hydrogen-bond acceptors (Lipinski definition) is 1. The van der Waals surface area contributed by atoms with Crippen molar-refractivity contribution < 1.29 is 9.50 Å². The molecule has 2 atom stereocenters. The summed E-state index contributed by atoms with van der Waals surface area (Å²) in [5.41, 5.74) is 1.40. The van der Waals surface area contributed by atoms with Crippen LogP contribution < -0.4 is 0 Å². The van der Waals surface area contributed by atoms with Crippen LogP contribution in [0.15, 0.2) is 18.2 Å². The molecule has 0 spiro atoms. The van der Waals surface area contributed by atoms with Crippen LogP contribution in [0.1, 0.15) is 57.6 Å². The lowest BCUT2D eigenvalue weighted by molar-refractivity contribution is -0.0890. The summed E-state index contributed by atoms with van der Waals surface area (Å²) in [5.74, 6) is 0.0590. The highest BCUT2D eigenvalue weighted by Gasteiger charge is 2.44. The highest BCUT2D eigenvalue weighted by atomic mass is 19.1. The third kappa shape index (κ3) is 3.22. The van der Waals surface area contributed by atoms with E-state index in [2.05, 4.69) is 20.8 Å². The molecule has 1 aliphatic carbocycles. The molecule has 1 nitrogen and oxygen atoms in total. The van der Waals surface area contributed by atoms with Crippen LogP contribution in [0.2, 0.25) is 0 Å². The van der Waals surface area contributed by atoms with E-state index in [1.165, 1.54) is 12.5 Å². The molecule has 0 bridgehead atoms. The normalized spacial score (nSPS) is 27.6. The highest BCUT2D eigenvalue weighted by Crippen LogP contribution is 2.46. The summed E-state index contributed by atoms with van der Waals surface area (Å²) in [7, 11) is 0. The van der Waals surface area contributed by atoms with Crippen molar-refractivity contribution in [3.63, 3.8) is 0 Å². The van der Waals surface area contributed by atoms with E-state index in [0.717, 1.165) is 30.4 Å². The van der Waals surface area contributed by atoms with Crippen molar-refractivity contribution >= 4 is 0 Å². The van der Waals surface area contributed by atoms with Gasteiger partial charge in [-0.3, -0.25) is 0 Å². The van der Waals surface area contributed by atoms with Crippen molar-refractivity contribution in [3.05, 3.63) is 35.1 Å². The van der Waals surface area contributed by atoms with E-state index >= 15 is 0 Å². The molecule has 112 valence electrons. The summed E-state index contributed by atoms with van der Waals surface area (Å²) in [6.45, 7) is 8.60. The summed E-state index contributed by atoms with van der Waals surface area (Å²) < 4.78 is 13.5. The molecule has 0 amide bonds. The second-order valence-electron chi connectivity index (χ2n) is 7.52. The monoisotopic (exact) mass is 278 g/mol. The van der Waals surface area contributed by atoms with Gasteiger partial charge in [-0.1, -0.05) is 39.7 Å². The fourth-order valence-corrected chi connectivity index (χ4v) is 3.83. The van der Waals surface area contributed by atoms with Crippen LogP contribution in [0.25, 0.3) is 0 Å². The van der Waals surface area contributed by atoms with Crippen molar-refractivity contribution in [3.8, 4) is 0 Å². The van der Waals surface area contributed by atoms with Gasteiger partial charge in [-0.25, -0.2) is 4.39 Å². The number of rotatable bonds is 2. The Balaban J connectivity index is 2.30. The Bertz CT molecular complexity index is 475. The van der Waals surface area contributed by atoms with Crippen LogP contribution in [0.3, 0.4) is 0 Å². The molecule has 0 heterocycles. The summed E-state index contributed by atoms with van der Waals surface area (Å²) in [6.07, 6.45) is 4.71. The third-order valence-corrected chi connectivity index (χ3v) is 4.85. The first-order valence-corrected chi connectivity index (χ1v) is 7.70. The minimum Gasteiger partial charge on any atom is -0.389 e. The summed E-state index contributed by atoms with van der Waals surface area (Å²) >= 11 is 0. The summed E-state index contributed by atoms with van der Waals surface area (Å²) in [4.78, 5) is 0. The van der Waals surface area contributed by atoms with Gasteiger partial charge in [-0.2, -0.15) is 0 Å². The van der Waals surface area contributed by atoms with Gasteiger partial charge in [0.25, 0.3) is 0 Å². The Morgan fingerprint density at radius 1 is 1.30 bits per heavy atom. The molecule has 1 aromatic rings. The number of aryl methyl sites for hydroxylation is 1. The number of hydrogen-bond donors (Lipinski definition) is 1. The maximum atomic E-state index is 13.5. The molecule has 0 saturated heterocycles. The first-order valence-electron chi connectivity index (χ1n) is 7.70. The largest absolute Gasteiger partial charge is 0.389 e. The second-order valence-corrected chi connectivity index (χ2v) is 7.52. The van der Waals surface area contributed by atoms with Gasteiger partial charge in [0, 0.05) is 6.42 Å². The van der Waals surface area contributed by atoms with Crippen LogP contribution in [0.4, 0.5) is 4.39 Å². The fraction of sp³-hybridized carbons (Fsp3) is 0.667. The first-order chi connectivity index (χ1) is 9.22. The van der Waals surface area contributed by atoms with Gasteiger partial charge in [0.15, 0.2) is 0 Å². The van der Waals surface area contributed by atoms with E-state index in [1.807, 2.05) is 13.0 Å². The van der Waals surface area contributed by atoms with Crippen molar-refractivity contribution in [2.45, 2.75) is 65.4 Å². The Morgan fingerprint density at radius 2 is 2.00 bits per heavy atom. The zero-order valence-electron chi connectivity index (χ0n) is 13.2. The highest BCUT2D eigenvalue weighted by molar-refractivity contribution is 5.28. The fourth-order valence-electron chi connectivity index (χ4n) is 3.83. The zero-order chi connectivity index (χ0) is 15.0. The maximum Gasteiger partial charge on any atom is 0.123 e. The van der Waals surface area contributed by atoms with Gasteiger partial charge in [0.2, 0.25) is 0 Å². The number of aliphatic hydroxyl groups is 1. The Kier molecular flexibility index (Phi) is 4.24. The standard InChI is InChI=1S/C18H27FO/c1-13-8-9-15(19)11-14(13)12-18(20)10-6-5-7-16(18)17(2,3)4/h8-9,11,16,20H,5-7,10,12H2,1-4H3. The molecule has 1 fully saturated rings. The van der Waals surface area contributed by atoms with Gasteiger partial charge < -0.3 is 5.11 Å². The molecule has 1 saturated carbocycles. The molecule has 0 radical (unpaired) electrons. The zero-order valence-corrected chi connectivity index (χ0v) is 13.2. The maximum absolute atomic E-state index is 13.5. The van der Waals surface area contributed by atoms with Crippen LogP contribution in [0, 0.1) is 24.1 Å². The SMILES string of the molecule is Cc1ccc(F)cc1CC1(O)CCCCC1C(C)(C)C. The van der Waals surface area contributed by atoms with Gasteiger partial charge in [-0.15, -0.1) is 0 Å². The molecular weight excluding hydrogens is 251 g/mol. The van der Waals surface area contributed by atoms with Gasteiger partial charge >= 0.3 is 0 Å². The molecule has 1 aliphatic rings. The second kappa shape index (κ2) is 5.48. The molecule has 20 heavy (non-hydrogen) atoms. The average molecular weight is 278 g/mol. The van der Waals surface area contributed by atoms with Crippen molar-refractivity contribution in [2.75, 3.05) is 0 Å². The molecule has 0 aliphatic heterocycles. The molecule has 2 unspecified atom stereocenters. The first kappa shape index (κ1) is 15.5. The topological polar surface area (TPSA) is 20.2 Å². The third-order valence-electron chi connectivity index (χ3n) is 4.85. The van der Waals surface area contributed by atoms with Gasteiger partial charge in [0.1, 0.15) is 5.82 Å². The Morgan fingerprint density at radius 3 is 2.65 bits per heavy atom. The van der Waals surface area contributed by atoms with E-state index in [-0.39, 0.29) is 17.2 Å². The molecule has 0 aromatic heterocycles. The van der Waals surface area contributed by atoms with E-state index in [1.54, 1.807) is 6.07 Å². The minimum absolute atomic E-state index is 0.0798. The smallest absolute Gasteiger partial charge is 0.123 e. The van der Waals surface area contributed by atoms with Crippen molar-refractivity contribution in [1.82, 2.24) is 0 Å². The van der Waals surface area contributed by atoms with Crippen LogP contribution in [-0.2, 0) is 6.42 Å². The predicted molar refractivity (Wildman–Crippen MR) is 81.2 cm³/mol. The van der Waals surface area contributed by atoms with Crippen molar-refractivity contribution in [2.24, 2.45) is 11.3 Å². The average Bonchev–Trinajstić information content (AvgIpc) is 2.32. The van der Waals surface area contributed by atoms with Crippen LogP contribution >= 0.6 is 0 Å². The lowest BCUT2D eigenvalue weighted by atomic mass is 9.62. The molecule has 2 heteroatoms. The quantitative estimate of drug-likeness (QED) is 0.835. The summed E-state index contributed by atoms with van der Waals surface area (Å²) in [6, 6.07) is 4.88. The molecule has 1 N–H and O–H groups in total. The van der Waals surface area contributed by atoms with Gasteiger partial charge in [-0.05, 0) is 54.4 Å². The molecular formula is C18H27FO. The number of halogens is 1. The molecule has 1 aromatic carbocycles. The van der Waals surface area contributed by atoms with E-state index in [9.17, 15) is 9.50 Å². The van der Waals surface area contributed by atoms with Crippen molar-refractivity contribution in [1.29, 1.82) is 0 Å². The van der Waals surface area contributed by atoms with Crippen LogP contribution in [-0.4, -0.2) is 10.7 Å². The molecule has 2 rings (SSSR count). The Hall–Kier alpha value is -0.890. The minimum atomic E-state index is -0.699. The lowest BCUT2D eigenvalue weighted by Crippen LogP contribution is -2.48. The predicted octanol–water partition coefficient (Wildman–Crippen LogP) is 4.64. The van der Waals surface area contributed by atoms with E-state index in [0.29, 0.717) is 6.42 Å². The van der Waals surface area contributed by atoms with Crippen LogP contribution in [0.5, 0.6) is 0 Å². The Labute approximate surface area is 122 Å². The van der Waals surface area contributed by atoms with E-state index < -0.39 is 5.60 Å². The van der Waals surface area contributed by atoms with E-state index in [4.69, 9.17) is 0 Å². The summed E-state index contributed by atoms with van der Waals surface area (Å²) in [5, 5.41) is 11.2. The van der Waals surface area contributed by atoms with Gasteiger partial charge in [0.05, 0.1) is 5.60 Å².